The van der Waals surface area contributed by atoms with Gasteiger partial charge in [0.2, 0.25) is 0 Å². The van der Waals surface area contributed by atoms with Gasteiger partial charge in [-0.1, -0.05) is 0 Å². The summed E-state index contributed by atoms with van der Waals surface area (Å²) < 4.78 is 0. The van der Waals surface area contributed by atoms with E-state index in [4.69, 9.17) is 75.4 Å². The molecule has 0 aromatic carbocycles. The van der Waals surface area contributed by atoms with E-state index in [2.05, 4.69) is 0 Å². The first-order valence-corrected chi connectivity index (χ1v) is 3.54. The van der Waals surface area contributed by atoms with Crippen molar-refractivity contribution in [2.75, 3.05) is 0 Å². The Bertz CT molecular complexity index is 83.8. The van der Waals surface area contributed by atoms with Crippen LogP contribution >= 0.6 is 0 Å². The van der Waals surface area contributed by atoms with Gasteiger partial charge in [-0.3, -0.25) is 36.6 Å². The minimum Gasteiger partial charge on any atom is -0.907 e. The second-order valence-corrected chi connectivity index (χ2v) is 1.44. The molecule has 29 heteroatoms. The molecule has 0 aliphatic heterocycles. The molecular weight excluding hydrogens is 436 g/mol. The SMILES string of the molecule is O.O.O.O.O.O.O.O.[NH4+].[O-]B([O-])[O-].[O-]B([O-])[O-].[O-]B([O-])[O-].[O-]B([O-])[O-].[O-]B([O-])[O-]. The molecule has 29 heavy (non-hydrogen) atoms. The Morgan fingerprint density at radius 2 is 0.207 bits per heavy atom. The lowest BCUT2D eigenvalue weighted by atomic mass is 10.3. The summed E-state index contributed by atoms with van der Waals surface area (Å²) in [5.74, 6) is 0. The van der Waals surface area contributed by atoms with E-state index < -0.39 is 36.6 Å². The Kier molecular flexibility index (Phi) is 327. The zero-order valence-corrected chi connectivity index (χ0v) is 14.0. The van der Waals surface area contributed by atoms with Crippen molar-refractivity contribution in [2.24, 2.45) is 0 Å². The highest BCUT2D eigenvalue weighted by molar-refractivity contribution is 6.24. The summed E-state index contributed by atoms with van der Waals surface area (Å²) in [5.41, 5.74) is 0. The summed E-state index contributed by atoms with van der Waals surface area (Å²) in [5, 5.41) is 126. The van der Waals surface area contributed by atoms with Crippen molar-refractivity contribution in [3.8, 4) is 0 Å². The lowest BCUT2D eigenvalue weighted by molar-refractivity contribution is -0.481. The Morgan fingerprint density at radius 1 is 0.207 bits per heavy atom. The van der Waals surface area contributed by atoms with Crippen LogP contribution in [0.15, 0.2) is 0 Å². The molecule has 0 saturated carbocycles. The molecule has 192 valence electrons. The van der Waals surface area contributed by atoms with Crippen LogP contribution in [-0.2, 0) is 0 Å². The third-order valence-electron chi connectivity index (χ3n) is 0. The monoisotopic (exact) mass is 457 g/mol. The first kappa shape index (κ1) is 103. The average molecular weight is 456 g/mol. The van der Waals surface area contributed by atoms with Gasteiger partial charge in [-0.15, -0.1) is 0 Å². The van der Waals surface area contributed by atoms with E-state index in [-0.39, 0.29) is 50.0 Å². The van der Waals surface area contributed by atoms with Gasteiger partial charge >= 0.3 is 0 Å². The topological polar surface area (TPSA) is 634 Å². The van der Waals surface area contributed by atoms with Crippen molar-refractivity contribution in [2.45, 2.75) is 0 Å². The van der Waals surface area contributed by atoms with Gasteiger partial charge in [0, 0.05) is 0 Å². The van der Waals surface area contributed by atoms with E-state index in [0.717, 1.165) is 0 Å². The predicted octanol–water partition coefficient (Wildman–Crippen LogP) is -26.0. The molecule has 0 unspecified atom stereocenters. The molecule has 0 rings (SSSR count). The maximum atomic E-state index is 8.42. The molecule has 0 atom stereocenters. The maximum absolute atomic E-state index is 8.42. The van der Waals surface area contributed by atoms with Crippen LogP contribution in [0.4, 0.5) is 0 Å². The summed E-state index contributed by atoms with van der Waals surface area (Å²) in [7, 11) is -14.6. The highest BCUT2D eigenvalue weighted by atomic mass is 16.5. The average Bonchev–Trinajstić information content (AvgIpc) is 1.94. The van der Waals surface area contributed by atoms with Gasteiger partial charge in [0.1, 0.15) is 0 Å². The Balaban J connectivity index is -0.00000000750. The number of quaternary nitrogens is 1. The number of rotatable bonds is 0. The smallest absolute Gasteiger partial charge is 0.278 e. The third-order valence-corrected chi connectivity index (χ3v) is 0. The van der Waals surface area contributed by atoms with E-state index in [9.17, 15) is 0 Å². The Labute approximate surface area is 163 Å². The van der Waals surface area contributed by atoms with Gasteiger partial charge in [-0.2, -0.15) is 0 Å². The van der Waals surface area contributed by atoms with E-state index in [0.29, 0.717) is 0 Å². The van der Waals surface area contributed by atoms with Crippen molar-refractivity contribution in [3.63, 3.8) is 0 Å². The van der Waals surface area contributed by atoms with Crippen LogP contribution in [0.3, 0.4) is 0 Å². The molecule has 0 aliphatic carbocycles. The largest absolute Gasteiger partial charge is 0.907 e. The minimum atomic E-state index is -2.92. The molecular formula is H20B5NO23-14. The van der Waals surface area contributed by atoms with Crippen LogP contribution in [-0.4, -0.2) is 80.4 Å². The first-order valence-electron chi connectivity index (χ1n) is 3.54. The molecule has 20 N–H and O–H groups in total. The van der Waals surface area contributed by atoms with Gasteiger partial charge in [0.25, 0.3) is 0 Å². The standard InChI is InChI=1S/5BO3.H3N.8H2O/c5*2-1(3)4;;;;;;;;;/h;;;;;1H3;8*1H2/q5*-3;;;;;;;;;/p+1. The van der Waals surface area contributed by atoms with Crippen LogP contribution in [0.2, 0.25) is 0 Å². The fourth-order valence-electron chi connectivity index (χ4n) is 0. The summed E-state index contributed by atoms with van der Waals surface area (Å²) in [6.45, 7) is 0. The zero-order valence-electron chi connectivity index (χ0n) is 14.0. The summed E-state index contributed by atoms with van der Waals surface area (Å²) >= 11 is 0. The third kappa shape index (κ3) is 43600. The molecule has 24 nitrogen and oxygen atoms in total. The molecule has 0 aromatic heterocycles. The fourth-order valence-corrected chi connectivity index (χ4v) is 0. The second kappa shape index (κ2) is 92.2. The molecule has 0 aliphatic rings. The molecule has 0 radical (unpaired) electrons. The van der Waals surface area contributed by atoms with Crippen LogP contribution in [0.25, 0.3) is 0 Å². The van der Waals surface area contributed by atoms with Gasteiger partial charge in [0.05, 0.1) is 0 Å². The van der Waals surface area contributed by atoms with E-state index in [1.54, 1.807) is 0 Å². The summed E-state index contributed by atoms with van der Waals surface area (Å²) in [6.07, 6.45) is 0. The highest BCUT2D eigenvalue weighted by Gasteiger charge is 1.18. The first-order chi connectivity index (χ1) is 8.66. The minimum absolute atomic E-state index is 0. The second-order valence-electron chi connectivity index (χ2n) is 1.44. The van der Waals surface area contributed by atoms with Gasteiger partial charge in [-0.25, -0.2) is 0 Å². The van der Waals surface area contributed by atoms with Crippen LogP contribution in [0.1, 0.15) is 0 Å². The van der Waals surface area contributed by atoms with E-state index in [1.807, 2.05) is 0 Å². The Morgan fingerprint density at radius 3 is 0.207 bits per heavy atom. The quantitative estimate of drug-likeness (QED) is 0.330. The zero-order chi connectivity index (χ0) is 17.9. The molecule has 0 aromatic rings. The molecule has 0 amide bonds. The van der Waals surface area contributed by atoms with Gasteiger partial charge in [-0.05, 0) is 0 Å². The summed E-state index contributed by atoms with van der Waals surface area (Å²) in [4.78, 5) is 0. The number of hydrogen-bond donors (Lipinski definition) is 1. The van der Waals surface area contributed by atoms with Crippen LogP contribution in [0.5, 0.6) is 0 Å². The van der Waals surface area contributed by atoms with Crippen LogP contribution in [0, 0.1) is 0 Å². The predicted molar refractivity (Wildman–Crippen MR) is 63.7 cm³/mol. The van der Waals surface area contributed by atoms with E-state index >= 15 is 0 Å². The molecule has 0 spiro atoms. The normalized spacial score (nSPS) is 4.66. The molecule has 0 saturated heterocycles. The van der Waals surface area contributed by atoms with Crippen molar-refractivity contribution in [1.29, 1.82) is 0 Å². The fraction of sp³-hybridized carbons (Fsp3) is 0. The van der Waals surface area contributed by atoms with Crippen molar-refractivity contribution in [3.05, 3.63) is 0 Å². The summed E-state index contributed by atoms with van der Waals surface area (Å²) in [6, 6.07) is 0. The van der Waals surface area contributed by atoms with Gasteiger partial charge in [0.15, 0.2) is 0 Å². The van der Waals surface area contributed by atoms with Crippen molar-refractivity contribution >= 4 is 36.6 Å². The number of hydrogen-bond acceptors (Lipinski definition) is 15. The van der Waals surface area contributed by atoms with Crippen molar-refractivity contribution < 1.29 is 119 Å². The van der Waals surface area contributed by atoms with E-state index in [1.165, 1.54) is 0 Å². The maximum Gasteiger partial charge on any atom is -0.278 e. The highest BCUT2D eigenvalue weighted by Crippen LogP contribution is 1.01. The van der Waals surface area contributed by atoms with Crippen molar-refractivity contribution in [1.82, 2.24) is 6.15 Å². The Hall–Kier alpha value is -0.635. The van der Waals surface area contributed by atoms with Gasteiger partial charge < -0.3 is 125 Å². The molecule has 0 bridgehead atoms. The van der Waals surface area contributed by atoms with Crippen LogP contribution < -0.4 is 81.5 Å². The molecule has 0 heterocycles. The lowest BCUT2D eigenvalue weighted by Gasteiger charge is -2.35. The lowest BCUT2D eigenvalue weighted by Crippen LogP contribution is -2.56. The molecule has 0 fully saturated rings.